The standard InChI is InChI=1S/C17H16ClNO3/c18-14-8-6-13(7-9-14)15(11-17(21)22)19-16(20)10-12-4-2-1-3-5-12/h1-9,15H,10-11H2,(H,19,20)(H,21,22)/t15-/m1/s1. The van der Waals surface area contributed by atoms with Gasteiger partial charge in [-0.3, -0.25) is 9.59 Å². The third kappa shape index (κ3) is 4.90. The lowest BCUT2D eigenvalue weighted by Crippen LogP contribution is -2.31. The molecule has 2 rings (SSSR count). The van der Waals surface area contributed by atoms with Gasteiger partial charge in [0.1, 0.15) is 0 Å². The summed E-state index contributed by atoms with van der Waals surface area (Å²) in [7, 11) is 0. The number of benzene rings is 2. The van der Waals surface area contributed by atoms with E-state index in [4.69, 9.17) is 16.7 Å². The van der Waals surface area contributed by atoms with E-state index in [9.17, 15) is 9.59 Å². The third-order valence-corrected chi connectivity index (χ3v) is 3.45. The molecule has 0 aliphatic carbocycles. The number of hydrogen-bond donors (Lipinski definition) is 2. The fraction of sp³-hybridized carbons (Fsp3) is 0.176. The monoisotopic (exact) mass is 317 g/mol. The summed E-state index contributed by atoms with van der Waals surface area (Å²) in [6.07, 6.45) is 0.0344. The first-order valence-corrected chi connectivity index (χ1v) is 7.23. The first-order valence-electron chi connectivity index (χ1n) is 6.85. The van der Waals surface area contributed by atoms with E-state index in [1.807, 2.05) is 30.3 Å². The van der Waals surface area contributed by atoms with Crippen LogP contribution in [0.4, 0.5) is 0 Å². The lowest BCUT2D eigenvalue weighted by atomic mass is 10.0. The van der Waals surface area contributed by atoms with Gasteiger partial charge in [0.05, 0.1) is 18.9 Å². The van der Waals surface area contributed by atoms with E-state index in [-0.39, 0.29) is 18.7 Å². The van der Waals surface area contributed by atoms with Crippen molar-refractivity contribution in [3.8, 4) is 0 Å². The predicted molar refractivity (Wildman–Crippen MR) is 84.7 cm³/mol. The van der Waals surface area contributed by atoms with Gasteiger partial charge in [-0.15, -0.1) is 0 Å². The number of hydrogen-bond acceptors (Lipinski definition) is 2. The molecule has 0 saturated carbocycles. The molecule has 4 nitrogen and oxygen atoms in total. The third-order valence-electron chi connectivity index (χ3n) is 3.19. The van der Waals surface area contributed by atoms with Crippen molar-refractivity contribution in [2.24, 2.45) is 0 Å². The maximum atomic E-state index is 12.1. The van der Waals surface area contributed by atoms with Gasteiger partial charge in [-0.05, 0) is 23.3 Å². The van der Waals surface area contributed by atoms with Crippen LogP contribution in [0.15, 0.2) is 54.6 Å². The number of carbonyl (C=O) groups excluding carboxylic acids is 1. The molecule has 2 aromatic rings. The predicted octanol–water partition coefficient (Wildman–Crippen LogP) is 3.21. The Hall–Kier alpha value is -2.33. The number of halogens is 1. The SMILES string of the molecule is O=C(O)C[C@@H](NC(=O)Cc1ccccc1)c1ccc(Cl)cc1. The topological polar surface area (TPSA) is 66.4 Å². The molecule has 0 radical (unpaired) electrons. The van der Waals surface area contributed by atoms with Crippen LogP contribution in [0.25, 0.3) is 0 Å². The van der Waals surface area contributed by atoms with Crippen molar-refractivity contribution in [3.05, 3.63) is 70.7 Å². The smallest absolute Gasteiger partial charge is 0.305 e. The highest BCUT2D eigenvalue weighted by atomic mass is 35.5. The van der Waals surface area contributed by atoms with E-state index < -0.39 is 12.0 Å². The van der Waals surface area contributed by atoms with E-state index in [0.29, 0.717) is 10.6 Å². The number of carboxylic acids is 1. The van der Waals surface area contributed by atoms with Crippen LogP contribution < -0.4 is 5.32 Å². The first kappa shape index (κ1) is 16.0. The normalized spacial score (nSPS) is 11.7. The van der Waals surface area contributed by atoms with Crippen LogP contribution in [-0.4, -0.2) is 17.0 Å². The van der Waals surface area contributed by atoms with E-state index in [0.717, 1.165) is 5.56 Å². The Labute approximate surface area is 133 Å². The second-order valence-corrected chi connectivity index (χ2v) is 5.37. The Kier molecular flexibility index (Phi) is 5.55. The van der Waals surface area contributed by atoms with E-state index in [2.05, 4.69) is 5.32 Å². The zero-order valence-electron chi connectivity index (χ0n) is 11.8. The van der Waals surface area contributed by atoms with Gasteiger partial charge in [-0.1, -0.05) is 54.1 Å². The quantitative estimate of drug-likeness (QED) is 0.859. The Morgan fingerprint density at radius 3 is 2.27 bits per heavy atom. The summed E-state index contributed by atoms with van der Waals surface area (Å²) in [5.41, 5.74) is 1.60. The summed E-state index contributed by atoms with van der Waals surface area (Å²) in [6, 6.07) is 15.5. The zero-order chi connectivity index (χ0) is 15.9. The number of aliphatic carboxylic acids is 1. The fourth-order valence-electron chi connectivity index (χ4n) is 2.15. The molecule has 1 atom stereocenters. The molecule has 0 heterocycles. The second-order valence-electron chi connectivity index (χ2n) is 4.93. The minimum atomic E-state index is -0.972. The average molecular weight is 318 g/mol. The minimum Gasteiger partial charge on any atom is -0.481 e. The Bertz CT molecular complexity index is 641. The van der Waals surface area contributed by atoms with Crippen LogP contribution in [-0.2, 0) is 16.0 Å². The maximum absolute atomic E-state index is 12.1. The van der Waals surface area contributed by atoms with Gasteiger partial charge in [0, 0.05) is 5.02 Å². The van der Waals surface area contributed by atoms with Gasteiger partial charge < -0.3 is 10.4 Å². The Morgan fingerprint density at radius 2 is 1.68 bits per heavy atom. The number of nitrogens with one attached hydrogen (secondary N) is 1. The van der Waals surface area contributed by atoms with Crippen molar-refractivity contribution < 1.29 is 14.7 Å². The summed E-state index contributed by atoms with van der Waals surface area (Å²) in [5, 5.41) is 12.4. The highest BCUT2D eigenvalue weighted by Crippen LogP contribution is 2.19. The van der Waals surface area contributed by atoms with E-state index in [1.54, 1.807) is 24.3 Å². The maximum Gasteiger partial charge on any atom is 0.305 e. The van der Waals surface area contributed by atoms with Crippen LogP contribution in [0.1, 0.15) is 23.6 Å². The fourth-order valence-corrected chi connectivity index (χ4v) is 2.27. The molecule has 0 aliphatic rings. The molecular weight excluding hydrogens is 302 g/mol. The summed E-state index contributed by atoms with van der Waals surface area (Å²) in [6.45, 7) is 0. The zero-order valence-corrected chi connectivity index (χ0v) is 12.6. The number of amides is 1. The highest BCUT2D eigenvalue weighted by Gasteiger charge is 2.18. The minimum absolute atomic E-state index is 0.178. The van der Waals surface area contributed by atoms with Crippen LogP contribution in [0.5, 0.6) is 0 Å². The van der Waals surface area contributed by atoms with Gasteiger partial charge in [-0.2, -0.15) is 0 Å². The molecule has 0 spiro atoms. The highest BCUT2D eigenvalue weighted by molar-refractivity contribution is 6.30. The molecule has 0 unspecified atom stereocenters. The second kappa shape index (κ2) is 7.61. The van der Waals surface area contributed by atoms with Crippen molar-refractivity contribution >= 4 is 23.5 Å². The lowest BCUT2D eigenvalue weighted by Gasteiger charge is -2.17. The molecule has 0 bridgehead atoms. The van der Waals surface area contributed by atoms with Crippen LogP contribution in [0.2, 0.25) is 5.02 Å². The summed E-state index contributed by atoms with van der Waals surface area (Å²) < 4.78 is 0. The molecule has 0 fully saturated rings. The molecule has 0 saturated heterocycles. The number of carbonyl (C=O) groups is 2. The van der Waals surface area contributed by atoms with Gasteiger partial charge in [0.2, 0.25) is 5.91 Å². The van der Waals surface area contributed by atoms with Crippen LogP contribution >= 0.6 is 11.6 Å². The first-order chi connectivity index (χ1) is 10.5. The number of rotatable bonds is 6. The van der Waals surface area contributed by atoms with Crippen molar-refractivity contribution in [2.75, 3.05) is 0 Å². The molecule has 1 amide bonds. The Balaban J connectivity index is 2.07. The molecule has 22 heavy (non-hydrogen) atoms. The van der Waals surface area contributed by atoms with E-state index in [1.165, 1.54) is 0 Å². The van der Waals surface area contributed by atoms with Gasteiger partial charge in [0.25, 0.3) is 0 Å². The summed E-state index contributed by atoms with van der Waals surface area (Å²) in [4.78, 5) is 23.1. The van der Waals surface area contributed by atoms with Crippen molar-refractivity contribution in [3.63, 3.8) is 0 Å². The molecule has 5 heteroatoms. The van der Waals surface area contributed by atoms with E-state index >= 15 is 0 Å². The largest absolute Gasteiger partial charge is 0.481 e. The van der Waals surface area contributed by atoms with Gasteiger partial charge in [-0.25, -0.2) is 0 Å². The van der Waals surface area contributed by atoms with Gasteiger partial charge >= 0.3 is 5.97 Å². The Morgan fingerprint density at radius 1 is 1.05 bits per heavy atom. The molecular formula is C17H16ClNO3. The molecule has 114 valence electrons. The lowest BCUT2D eigenvalue weighted by molar-refractivity contribution is -0.137. The van der Waals surface area contributed by atoms with Crippen molar-refractivity contribution in [2.45, 2.75) is 18.9 Å². The summed E-state index contributed by atoms with van der Waals surface area (Å²) in [5.74, 6) is -1.19. The molecule has 0 aliphatic heterocycles. The van der Waals surface area contributed by atoms with Crippen LogP contribution in [0.3, 0.4) is 0 Å². The molecule has 2 N–H and O–H groups in total. The summed E-state index contributed by atoms with van der Waals surface area (Å²) >= 11 is 5.83. The molecule has 2 aromatic carbocycles. The van der Waals surface area contributed by atoms with Gasteiger partial charge in [0.15, 0.2) is 0 Å². The molecule has 0 aromatic heterocycles. The average Bonchev–Trinajstić information content (AvgIpc) is 2.48. The van der Waals surface area contributed by atoms with Crippen molar-refractivity contribution in [1.82, 2.24) is 5.32 Å². The van der Waals surface area contributed by atoms with Crippen LogP contribution in [0, 0.1) is 0 Å². The van der Waals surface area contributed by atoms with Crippen molar-refractivity contribution in [1.29, 1.82) is 0 Å². The number of carboxylic acid groups (broad SMARTS) is 1.